The molecule has 13 aromatic rings. The van der Waals surface area contributed by atoms with Crippen molar-refractivity contribution in [2.45, 2.75) is 41.5 Å². The van der Waals surface area contributed by atoms with Gasteiger partial charge in [0.05, 0.1) is 11.0 Å². The molecule has 0 atom stereocenters. The Hall–Kier alpha value is -9.21. The van der Waals surface area contributed by atoms with Crippen LogP contribution in [0.15, 0.2) is 176 Å². The molecular formula is C68H57N6O5U-. The van der Waals surface area contributed by atoms with E-state index in [1.54, 1.807) is 73.7 Å². The van der Waals surface area contributed by atoms with E-state index in [1.807, 2.05) is 104 Å². The van der Waals surface area contributed by atoms with E-state index in [0.717, 1.165) is 21.8 Å². The summed E-state index contributed by atoms with van der Waals surface area (Å²) in [6, 6.07) is 52.6. The van der Waals surface area contributed by atoms with Gasteiger partial charge in [-0.1, -0.05) is 73.9 Å². The summed E-state index contributed by atoms with van der Waals surface area (Å²) in [6.07, 6.45) is 0. The summed E-state index contributed by atoms with van der Waals surface area (Å²) in [5.74, 6) is 3.53. The Kier molecular flexibility index (Phi) is 14.8. The van der Waals surface area contributed by atoms with Crippen LogP contribution in [0.5, 0.6) is 46.0 Å². The molecule has 0 aliphatic rings. The molecule has 8 N–H and O–H groups in total. The molecule has 2 aromatic heterocycles. The van der Waals surface area contributed by atoms with E-state index in [9.17, 15) is 4.79 Å². The maximum Gasteiger partial charge on any atom is 0.160 e. The molecule has 0 aliphatic heterocycles. The number of carbonyl (C=O) groups excluding carboxylic acids is 1. The van der Waals surface area contributed by atoms with Gasteiger partial charge in [-0.25, -0.2) is 4.98 Å². The first kappa shape index (κ1) is 54.2. The minimum atomic E-state index is -0.196. The number of hydrogen-bond donors (Lipinski definition) is 4. The number of para-hydroxylation sites is 2. The van der Waals surface area contributed by atoms with Crippen molar-refractivity contribution in [2.75, 3.05) is 22.9 Å². The summed E-state index contributed by atoms with van der Waals surface area (Å²) in [5, 5.41) is 7.14. The van der Waals surface area contributed by atoms with Gasteiger partial charge >= 0.3 is 0 Å². The molecule has 0 saturated carbocycles. The molecule has 394 valence electrons. The van der Waals surface area contributed by atoms with Crippen LogP contribution in [0.2, 0.25) is 0 Å². The van der Waals surface area contributed by atoms with E-state index >= 15 is 0 Å². The first-order chi connectivity index (χ1) is 38.2. The second kappa shape index (κ2) is 21.9. The third-order valence-corrected chi connectivity index (χ3v) is 14.2. The van der Waals surface area contributed by atoms with Crippen molar-refractivity contribution >= 4 is 111 Å². The number of nitrogens with two attached hydrogens (primary N) is 4. The number of benzene rings is 11. The van der Waals surface area contributed by atoms with Gasteiger partial charge in [0.25, 0.3) is 0 Å². The molecule has 0 radical (unpaired) electrons. The number of nitrogen functional groups attached to an aromatic ring is 4. The summed E-state index contributed by atoms with van der Waals surface area (Å²) < 4.78 is 30.2. The number of anilines is 4. The number of ether oxygens (including phenoxy) is 4. The predicted octanol–water partition coefficient (Wildman–Crippen LogP) is 16.8. The smallest absolute Gasteiger partial charge is 0.160 e. The van der Waals surface area contributed by atoms with E-state index < -0.39 is 0 Å². The van der Waals surface area contributed by atoms with Gasteiger partial charge in [-0.3, -0.25) is 11.4 Å². The van der Waals surface area contributed by atoms with Crippen molar-refractivity contribution in [1.82, 2.24) is 9.38 Å². The van der Waals surface area contributed by atoms with Gasteiger partial charge in [0.1, 0.15) is 51.6 Å². The fraction of sp³-hybridized carbons (Fsp3) is 0.0882. The number of allylic oxidation sites excluding steroid dienone is 1. The number of imidazole rings is 1. The number of aryl methyl sites for hydroxylation is 2. The Morgan fingerprint density at radius 1 is 0.475 bits per heavy atom. The van der Waals surface area contributed by atoms with Crippen LogP contribution in [0, 0.1) is 45.0 Å². The molecule has 80 heavy (non-hydrogen) atoms. The minimum Gasteiger partial charge on any atom is -0.458 e. The maximum atomic E-state index is 14.2. The Balaban J connectivity index is 0.000000598. The number of ketones is 1. The van der Waals surface area contributed by atoms with E-state index in [-0.39, 0.29) is 36.9 Å². The van der Waals surface area contributed by atoms with E-state index in [4.69, 9.17) is 53.4 Å². The molecule has 0 spiro atoms. The minimum absolute atomic E-state index is 0. The number of rotatable bonds is 10. The predicted molar refractivity (Wildman–Crippen MR) is 327 cm³/mol. The van der Waals surface area contributed by atoms with E-state index in [0.29, 0.717) is 140 Å². The number of hydrogen-bond acceptors (Lipinski definition) is 10. The standard InChI is InChI=1S/C58H41N6O5.C8H10.C2H6.U/c1-29(2)40-25-46(66-36-17-9-32(59)10-18-36)52-55-49(69-39-23-15-35(62)16-24-39)28-43-51-41(30(3)64-45-8-6-5-7-44(45)63-58(43)64)26-47(67-37-19-11-33(60)12-20-37)53(57(51)55)54-48(68-38-21-13-34(61)14-22-38)27-42(31(4)65)50(40)56(52)54;1-7-5-3-4-6-8(7)2;1-2;/h3,5-28H,1,59-62H2,2,4H3;3-6H,1-2H3;1-2H3;/q-1;;;. The fourth-order valence-corrected chi connectivity index (χ4v) is 10.4. The molecule has 2 heterocycles. The van der Waals surface area contributed by atoms with Crippen molar-refractivity contribution in [3.63, 3.8) is 0 Å². The summed E-state index contributed by atoms with van der Waals surface area (Å²) in [4.78, 5) is 19.5. The summed E-state index contributed by atoms with van der Waals surface area (Å²) >= 11 is 0. The van der Waals surface area contributed by atoms with Gasteiger partial charge in [-0.2, -0.15) is 0 Å². The van der Waals surface area contributed by atoms with Crippen molar-refractivity contribution in [3.8, 4) is 46.0 Å². The first-order valence-electron chi connectivity index (χ1n) is 26.0. The van der Waals surface area contributed by atoms with E-state index in [2.05, 4.69) is 44.7 Å². The molecule has 0 unspecified atom stereocenters. The molecule has 0 fully saturated rings. The number of fused-ring (bicyclic) bond motifs is 6. The molecule has 12 heteroatoms. The van der Waals surface area contributed by atoms with E-state index in [1.165, 1.54) is 11.1 Å². The van der Waals surface area contributed by atoms with Crippen LogP contribution < -0.4 is 47.2 Å². The van der Waals surface area contributed by atoms with Crippen LogP contribution in [0.1, 0.15) is 54.7 Å². The maximum absolute atomic E-state index is 14.2. The quantitative estimate of drug-likeness (QED) is 0.0339. The SMILES string of the molecule is CC.Cc1ccccc1C.[CH-]=c1c2cc(Oc3ccc(N)cc3)c3c4c(Oc5ccc(N)cc5)cc(C(C)=O)c5c(C(=C)C)cc(Oc6ccc(N)cc6)c(c6c(Oc7ccc(N)cc7)cc(c2c36)c2nc3ccccc3n12)c54.[U]. The zero-order valence-electron chi connectivity index (χ0n) is 45.2. The molecule has 0 aliphatic carbocycles. The Labute approximate surface area is 486 Å². The number of Topliss-reactive ketones (excluding diaryl/α,β-unsaturated/α-hetero) is 1. The number of nitrogens with zero attached hydrogens (tertiary/aromatic N) is 2. The average molecular weight is 1280 g/mol. The zero-order chi connectivity index (χ0) is 55.4. The van der Waals surface area contributed by atoms with Gasteiger partial charge in [0, 0.05) is 97.1 Å². The molecule has 0 saturated heterocycles. The Bertz CT molecular complexity index is 4440. The van der Waals surface area contributed by atoms with Gasteiger partial charge in [0.2, 0.25) is 0 Å². The molecule has 11 aromatic carbocycles. The molecule has 0 bridgehead atoms. The van der Waals surface area contributed by atoms with Crippen LogP contribution in [0.3, 0.4) is 0 Å². The largest absolute Gasteiger partial charge is 0.458 e. The van der Waals surface area contributed by atoms with Crippen LogP contribution >= 0.6 is 0 Å². The normalized spacial score (nSPS) is 11.1. The first-order valence-corrected chi connectivity index (χ1v) is 26.0. The Morgan fingerprint density at radius 3 is 1.24 bits per heavy atom. The van der Waals surface area contributed by atoms with Crippen molar-refractivity contribution in [3.05, 3.63) is 204 Å². The Morgan fingerprint density at radius 2 is 0.838 bits per heavy atom. The van der Waals surface area contributed by atoms with Crippen LogP contribution in [-0.2, 0) is 0 Å². The third-order valence-electron chi connectivity index (χ3n) is 14.2. The van der Waals surface area contributed by atoms with Crippen LogP contribution in [0.25, 0.3) is 82.7 Å². The third kappa shape index (κ3) is 9.67. The van der Waals surface area contributed by atoms with Gasteiger partial charge in [-0.05, 0) is 177 Å². The summed E-state index contributed by atoms with van der Waals surface area (Å²) in [7, 11) is 0. The number of pyridine rings is 1. The number of aromatic nitrogens is 2. The van der Waals surface area contributed by atoms with Gasteiger partial charge in [0.15, 0.2) is 5.78 Å². The molecule has 11 nitrogen and oxygen atoms in total. The zero-order valence-corrected chi connectivity index (χ0v) is 49.4. The van der Waals surface area contributed by atoms with Crippen molar-refractivity contribution in [1.29, 1.82) is 0 Å². The van der Waals surface area contributed by atoms with Gasteiger partial charge in [-0.15, -0.1) is 10.7 Å². The topological polar surface area (TPSA) is 175 Å². The molecule has 0 amide bonds. The van der Waals surface area contributed by atoms with Crippen LogP contribution in [0.4, 0.5) is 22.7 Å². The van der Waals surface area contributed by atoms with Gasteiger partial charge < -0.3 is 46.3 Å². The fourth-order valence-electron chi connectivity index (χ4n) is 10.4. The summed E-state index contributed by atoms with van der Waals surface area (Å²) in [6.45, 7) is 23.6. The van der Waals surface area contributed by atoms with Crippen LogP contribution in [-0.4, -0.2) is 15.2 Å². The van der Waals surface area contributed by atoms with Crippen molar-refractivity contribution in [2.24, 2.45) is 0 Å². The monoisotopic (exact) mass is 1280 g/mol. The average Bonchev–Trinajstić information content (AvgIpc) is 3.99. The number of carbonyl (C=O) groups is 1. The van der Waals surface area contributed by atoms with Crippen molar-refractivity contribution < 1.29 is 54.9 Å². The second-order valence-corrected chi connectivity index (χ2v) is 19.4. The molecule has 13 rings (SSSR count). The summed E-state index contributed by atoms with van der Waals surface area (Å²) in [5.41, 5.74) is 33.8. The molecular weight excluding hydrogens is 1220 g/mol. The second-order valence-electron chi connectivity index (χ2n) is 19.4.